The third-order valence-electron chi connectivity index (χ3n) is 22.9. The molecule has 31 heteroatoms. The van der Waals surface area contributed by atoms with E-state index in [1.807, 2.05) is 19.9 Å². The number of nitrogens with one attached hydrogen (secondary N) is 3. The lowest BCUT2D eigenvalue weighted by molar-refractivity contribution is -0.182. The molecule has 0 aromatic heterocycles. The standard InChI is InChI=1S/C74H118ClF5N12O13/c1-16-22-53-64(97)82-63(45(5)17-2)70(103)86(11)41-62(96)88(13)54-23-20-19-21-32-91(69(54)102)57(34-47-26-24-44(4)25-27-47)67(100)85(10)40-60(94)81-52(31-29-46-28-30-50(51(75)33-46)74(78,79)80)65(98)92-39-49(105-18-3)35-48(92)36-59(93)83-73(42-72(6,7)43-73)71(104)90(15)55(37-58(76)77)68(101)89(14)56(66(99)84(8)9)38-61(95)87(53)12/h19-20,44-58,63H,16-18,21-43H2,1-15H3,(H,81,94)(H,82,97)(H,83,93)/b20-19-/t44?,45-,46?,47?,48-,49+,50?,51?,52-,53-,54-,55-,56-,57-,63-/m0/s1. The van der Waals surface area contributed by atoms with Crippen LogP contribution in [0.3, 0.4) is 0 Å². The number of ether oxygens (including phenoxy) is 1. The van der Waals surface area contributed by atoms with Crippen LogP contribution in [0, 0.1) is 35.0 Å². The molecule has 2 bridgehead atoms. The van der Waals surface area contributed by atoms with Gasteiger partial charge in [0.1, 0.15) is 47.8 Å². The van der Waals surface area contributed by atoms with Crippen LogP contribution in [0.2, 0.25) is 0 Å². The van der Waals surface area contributed by atoms with Crippen molar-refractivity contribution in [2.24, 2.45) is 35.0 Å². The molecule has 3 unspecified atom stereocenters. The second kappa shape index (κ2) is 37.9. The Morgan fingerprint density at radius 1 is 0.695 bits per heavy atom. The van der Waals surface area contributed by atoms with Gasteiger partial charge in [-0.2, -0.15) is 13.2 Å². The van der Waals surface area contributed by atoms with E-state index in [-0.39, 0.29) is 96.2 Å². The molecule has 1 spiro atoms. The van der Waals surface area contributed by atoms with E-state index in [1.165, 1.54) is 61.9 Å². The summed E-state index contributed by atoms with van der Waals surface area (Å²) in [5, 5.41) is 7.26. The third kappa shape index (κ3) is 22.5. The molecular formula is C74H118ClF5N12O13. The number of nitrogens with zero attached hydrogens (tertiary/aromatic N) is 9. The van der Waals surface area contributed by atoms with Gasteiger partial charge in [-0.15, -0.1) is 11.6 Å². The van der Waals surface area contributed by atoms with Gasteiger partial charge in [0.2, 0.25) is 77.3 Å². The molecule has 3 aliphatic heterocycles. The summed E-state index contributed by atoms with van der Waals surface area (Å²) in [7, 11) is 10.5. The van der Waals surface area contributed by atoms with Crippen LogP contribution < -0.4 is 16.0 Å². The molecule has 6 rings (SSSR count). The van der Waals surface area contributed by atoms with E-state index < -0.39 is 204 Å². The second-order valence-electron chi connectivity index (χ2n) is 31.8. The third-order valence-corrected chi connectivity index (χ3v) is 23.3. The summed E-state index contributed by atoms with van der Waals surface area (Å²) in [6.45, 7) is 11.7. The molecule has 3 aliphatic carbocycles. The predicted molar refractivity (Wildman–Crippen MR) is 383 cm³/mol. The number of likely N-dealkylation sites (N-methyl/N-ethyl adjacent to an activating group) is 7. The van der Waals surface area contributed by atoms with Crippen molar-refractivity contribution in [3.63, 3.8) is 0 Å². The van der Waals surface area contributed by atoms with Crippen LogP contribution in [0.15, 0.2) is 12.2 Å². The zero-order valence-electron chi connectivity index (χ0n) is 64.4. The SMILES string of the molecule is CCC[C@H]1C(=O)N[C@@H]([C@@H](C)CC)C(=O)N(C)CC(=O)N(C)[C@H]2C/C=C\CCN(C2=O)[C@@H](CC2CCC(C)CC2)C(=O)N(C)CC(=O)N[C@@H](CCC2CCC(C(F)(F)F)C(Cl)C2)C(=O)N2C[C@H](OCC)C[C@H]2CC(=O)NC2(CC(C)(C)C2)C(=O)N(C)[C@@H](CC(F)F)C(=O)N(C)[C@H](C(=O)N(C)C)CC(=O)N1C. The van der Waals surface area contributed by atoms with Crippen LogP contribution in [0.5, 0.6) is 0 Å². The first kappa shape index (κ1) is 87.2. The first-order chi connectivity index (χ1) is 49.1. The highest BCUT2D eigenvalue weighted by atomic mass is 35.5. The summed E-state index contributed by atoms with van der Waals surface area (Å²) in [5.41, 5.74) is -2.45. The summed E-state index contributed by atoms with van der Waals surface area (Å²) in [4.78, 5) is 189. The number of fused-ring (bicyclic) bond motifs is 3. The van der Waals surface area contributed by atoms with E-state index >= 15 is 19.2 Å². The number of hydrogen-bond donors (Lipinski definition) is 3. The minimum atomic E-state index is -4.55. The van der Waals surface area contributed by atoms with Crippen molar-refractivity contribution in [2.75, 3.05) is 89.2 Å². The van der Waals surface area contributed by atoms with Gasteiger partial charge in [0.05, 0.1) is 31.5 Å². The van der Waals surface area contributed by atoms with Crippen molar-refractivity contribution in [3.8, 4) is 0 Å². The Kier molecular flexibility index (Phi) is 31.5. The fourth-order valence-corrected chi connectivity index (χ4v) is 17.1. The first-order valence-corrected chi connectivity index (χ1v) is 38.1. The van der Waals surface area contributed by atoms with Crippen molar-refractivity contribution >= 4 is 82.5 Å². The monoisotopic (exact) mass is 1510 g/mol. The Hall–Kier alpha value is -6.72. The molecule has 12 amide bonds. The normalized spacial score (nSPS) is 31.4. The van der Waals surface area contributed by atoms with Crippen molar-refractivity contribution < 1.29 is 84.2 Å². The second-order valence-corrected chi connectivity index (χ2v) is 32.4. The van der Waals surface area contributed by atoms with Crippen LogP contribution in [-0.4, -0.2) is 282 Å². The Bertz CT molecular complexity index is 3110. The highest BCUT2D eigenvalue weighted by molar-refractivity contribution is 6.21. The molecule has 6 aliphatic rings. The van der Waals surface area contributed by atoms with E-state index in [0.717, 1.165) is 64.3 Å². The summed E-state index contributed by atoms with van der Waals surface area (Å²) in [5.74, 6) is -11.6. The quantitative estimate of drug-likeness (QED) is 0.0969. The lowest BCUT2D eigenvalue weighted by atomic mass is 9.58. The van der Waals surface area contributed by atoms with Gasteiger partial charge in [-0.05, 0) is 113 Å². The van der Waals surface area contributed by atoms with E-state index in [9.17, 15) is 60.3 Å². The first-order valence-electron chi connectivity index (χ1n) is 37.6. The summed E-state index contributed by atoms with van der Waals surface area (Å²) < 4.78 is 78.2. The zero-order chi connectivity index (χ0) is 78.5. The van der Waals surface area contributed by atoms with Crippen LogP contribution in [0.25, 0.3) is 0 Å². The molecule has 594 valence electrons. The van der Waals surface area contributed by atoms with Crippen molar-refractivity contribution in [1.29, 1.82) is 0 Å². The zero-order valence-corrected chi connectivity index (χ0v) is 65.1. The van der Waals surface area contributed by atoms with E-state index in [4.69, 9.17) is 16.3 Å². The fraction of sp³-hybridized carbons (Fsp3) is 0.811. The Morgan fingerprint density at radius 3 is 1.91 bits per heavy atom. The number of halogens is 6. The van der Waals surface area contributed by atoms with Crippen LogP contribution in [-0.2, 0) is 62.3 Å². The highest BCUT2D eigenvalue weighted by Gasteiger charge is 2.58. The molecule has 0 radical (unpaired) electrons. The van der Waals surface area contributed by atoms with Gasteiger partial charge in [-0.25, -0.2) is 8.78 Å². The number of carbonyl (C=O) groups excluding carboxylic acids is 12. The maximum absolute atomic E-state index is 15.5. The van der Waals surface area contributed by atoms with Crippen molar-refractivity contribution in [3.05, 3.63) is 12.2 Å². The number of alkyl halides is 6. The Morgan fingerprint density at radius 2 is 1.33 bits per heavy atom. The van der Waals surface area contributed by atoms with E-state index in [1.54, 1.807) is 33.8 Å². The summed E-state index contributed by atoms with van der Waals surface area (Å²) in [6, 6.07) is -11.0. The van der Waals surface area contributed by atoms with E-state index in [0.29, 0.717) is 25.2 Å². The molecule has 0 aromatic carbocycles. The number of carbonyl (C=O) groups is 12. The lowest BCUT2D eigenvalue weighted by Gasteiger charge is -2.54. The van der Waals surface area contributed by atoms with Crippen LogP contribution >= 0.6 is 11.6 Å². The highest BCUT2D eigenvalue weighted by Crippen LogP contribution is 2.50. The maximum atomic E-state index is 15.5. The number of hydrogen-bond acceptors (Lipinski definition) is 13. The average Bonchev–Trinajstić information content (AvgIpc) is 0.935. The maximum Gasteiger partial charge on any atom is 0.393 e. The lowest BCUT2D eigenvalue weighted by Crippen LogP contribution is -2.70. The van der Waals surface area contributed by atoms with Gasteiger partial charge in [0.15, 0.2) is 0 Å². The van der Waals surface area contributed by atoms with Gasteiger partial charge in [0, 0.05) is 100 Å². The van der Waals surface area contributed by atoms with Gasteiger partial charge in [-0.1, -0.05) is 92.2 Å². The smallest absolute Gasteiger partial charge is 0.377 e. The molecule has 3 N–H and O–H groups in total. The molecule has 0 aromatic rings. The predicted octanol–water partition coefficient (Wildman–Crippen LogP) is 6.38. The molecule has 5 fully saturated rings. The topological polar surface area (TPSA) is 279 Å². The van der Waals surface area contributed by atoms with Gasteiger partial charge in [0.25, 0.3) is 0 Å². The molecule has 3 saturated carbocycles. The van der Waals surface area contributed by atoms with Crippen molar-refractivity contribution in [2.45, 2.75) is 261 Å². The number of rotatable bonds is 14. The Balaban J connectivity index is 1.46. The van der Waals surface area contributed by atoms with Gasteiger partial charge < -0.3 is 64.8 Å². The van der Waals surface area contributed by atoms with E-state index in [2.05, 4.69) is 22.9 Å². The van der Waals surface area contributed by atoms with Crippen molar-refractivity contribution in [1.82, 2.24) is 60.0 Å². The average molecular weight is 1510 g/mol. The summed E-state index contributed by atoms with van der Waals surface area (Å²) >= 11 is 6.42. The molecule has 3 heterocycles. The Labute approximate surface area is 621 Å². The van der Waals surface area contributed by atoms with Gasteiger partial charge in [-0.3, -0.25) is 57.5 Å². The molecule has 13 atom stereocenters. The van der Waals surface area contributed by atoms with Crippen LogP contribution in [0.4, 0.5) is 22.0 Å². The minimum absolute atomic E-state index is 0.0232. The summed E-state index contributed by atoms with van der Waals surface area (Å²) in [6.07, 6.45) is -2.99. The number of amides is 12. The molecule has 105 heavy (non-hydrogen) atoms. The molecule has 2 saturated heterocycles. The fourth-order valence-electron chi connectivity index (χ4n) is 16.6. The molecule has 25 nitrogen and oxygen atoms in total. The molecular weight excluding hydrogens is 1400 g/mol. The largest absolute Gasteiger partial charge is 0.393 e. The minimum Gasteiger partial charge on any atom is -0.377 e. The van der Waals surface area contributed by atoms with Crippen LogP contribution in [0.1, 0.15) is 183 Å². The van der Waals surface area contributed by atoms with Gasteiger partial charge >= 0.3 is 6.18 Å².